The van der Waals surface area contributed by atoms with E-state index in [1.54, 1.807) is 16.7 Å². The molecule has 50 heavy (non-hydrogen) atoms. The van der Waals surface area contributed by atoms with Crippen molar-refractivity contribution in [2.24, 2.45) is 5.92 Å². The number of imidazole rings is 1. The monoisotopic (exact) mass is 677 g/mol. The molecular weight excluding hydrogens is 633 g/mol. The third kappa shape index (κ3) is 6.40. The van der Waals surface area contributed by atoms with E-state index in [2.05, 4.69) is 24.7 Å². The number of hydrogen-bond acceptors (Lipinski definition) is 9. The van der Waals surface area contributed by atoms with Crippen LogP contribution in [0.4, 0.5) is 21.6 Å². The van der Waals surface area contributed by atoms with Gasteiger partial charge in [0, 0.05) is 44.0 Å². The molecule has 0 radical (unpaired) electrons. The number of likely N-dealkylation sites (tertiary alicyclic amines) is 2. The van der Waals surface area contributed by atoms with Crippen LogP contribution in [0.2, 0.25) is 0 Å². The van der Waals surface area contributed by atoms with Crippen LogP contribution in [-0.2, 0) is 0 Å². The van der Waals surface area contributed by atoms with Crippen LogP contribution >= 0.6 is 0 Å². The van der Waals surface area contributed by atoms with E-state index in [0.717, 1.165) is 70.3 Å². The first kappa shape index (κ1) is 32.3. The standard InChI is InChI=1S/C38H44FN9O2/c39-33-22-27(40)6-11-34(33)46-23-30(24-46)45-20-13-26(14-21-45)12-17-44-18-15-29(16-19-44)48-37-35(36(41)42-25-43-37)47(38(48)49)28-7-9-32(10-8-28)50-31-4-2-1-3-5-31/h1-11,22,25-26,29-30H,12-21,23-24,40H2,(H2,41,42,43). The summed E-state index contributed by atoms with van der Waals surface area (Å²) in [5.74, 6) is 2.19. The Morgan fingerprint density at radius 2 is 1.54 bits per heavy atom. The number of aromatic nitrogens is 4. The van der Waals surface area contributed by atoms with Gasteiger partial charge in [0.05, 0.1) is 11.4 Å². The van der Waals surface area contributed by atoms with E-state index >= 15 is 0 Å². The van der Waals surface area contributed by atoms with Crippen LogP contribution in [0.5, 0.6) is 11.5 Å². The molecular formula is C38H44FN9O2. The Morgan fingerprint density at radius 1 is 0.820 bits per heavy atom. The van der Waals surface area contributed by atoms with Crippen molar-refractivity contribution in [1.82, 2.24) is 28.9 Å². The number of piperidine rings is 2. The second-order valence-corrected chi connectivity index (χ2v) is 13.9. The number of nitrogens with two attached hydrogens (primary N) is 2. The Balaban J connectivity index is 0.853. The summed E-state index contributed by atoms with van der Waals surface area (Å²) < 4.78 is 23.8. The predicted octanol–water partition coefficient (Wildman–Crippen LogP) is 5.31. The molecule has 3 fully saturated rings. The van der Waals surface area contributed by atoms with Gasteiger partial charge in [0.1, 0.15) is 29.2 Å². The molecule has 0 unspecified atom stereocenters. The van der Waals surface area contributed by atoms with Crippen molar-refractivity contribution in [2.75, 3.05) is 62.2 Å². The molecule has 3 aliphatic heterocycles. The Kier molecular flexibility index (Phi) is 8.88. The maximum atomic E-state index is 14.3. The first-order valence-corrected chi connectivity index (χ1v) is 17.7. The molecule has 3 saturated heterocycles. The van der Waals surface area contributed by atoms with Gasteiger partial charge in [-0.05, 0) is 112 Å². The van der Waals surface area contributed by atoms with E-state index in [0.29, 0.717) is 40.0 Å². The molecule has 3 aliphatic rings. The molecule has 0 saturated carbocycles. The number of benzene rings is 3. The average Bonchev–Trinajstić information content (AvgIpc) is 3.42. The normalized spacial score (nSPS) is 18.5. The molecule has 5 heterocycles. The lowest BCUT2D eigenvalue weighted by Gasteiger charge is -2.48. The van der Waals surface area contributed by atoms with Gasteiger partial charge in [0.15, 0.2) is 11.5 Å². The number of halogens is 1. The SMILES string of the molecule is Nc1ccc(N2CC(N3CCC(CCN4CCC(n5c(=O)n(-c6ccc(Oc7ccccc7)cc6)c6c(N)ncnc65)CC4)CC3)C2)c(F)c1. The van der Waals surface area contributed by atoms with Gasteiger partial charge < -0.3 is 26.0 Å². The number of hydrogen-bond donors (Lipinski definition) is 2. The summed E-state index contributed by atoms with van der Waals surface area (Å²) in [4.78, 5) is 30.1. The minimum Gasteiger partial charge on any atom is -0.457 e. The van der Waals surface area contributed by atoms with Crippen LogP contribution in [-0.4, -0.2) is 80.8 Å². The van der Waals surface area contributed by atoms with E-state index < -0.39 is 0 Å². The van der Waals surface area contributed by atoms with Crippen LogP contribution in [0.15, 0.2) is 83.9 Å². The van der Waals surface area contributed by atoms with Crippen molar-refractivity contribution in [3.63, 3.8) is 0 Å². The second kappa shape index (κ2) is 13.8. The van der Waals surface area contributed by atoms with E-state index in [1.807, 2.05) is 59.2 Å². The minimum atomic E-state index is -0.236. The van der Waals surface area contributed by atoms with E-state index in [9.17, 15) is 9.18 Å². The first-order valence-electron chi connectivity index (χ1n) is 17.7. The Morgan fingerprint density at radius 3 is 2.26 bits per heavy atom. The van der Waals surface area contributed by atoms with Gasteiger partial charge in [0.2, 0.25) is 0 Å². The predicted molar refractivity (Wildman–Crippen MR) is 194 cm³/mol. The Bertz CT molecular complexity index is 1990. The van der Waals surface area contributed by atoms with Crippen molar-refractivity contribution < 1.29 is 9.13 Å². The molecule has 3 aromatic carbocycles. The largest absolute Gasteiger partial charge is 0.457 e. The maximum absolute atomic E-state index is 14.3. The van der Waals surface area contributed by atoms with Gasteiger partial charge in [-0.25, -0.2) is 19.2 Å². The van der Waals surface area contributed by atoms with Crippen molar-refractivity contribution in [1.29, 1.82) is 0 Å². The third-order valence-electron chi connectivity index (χ3n) is 10.9. The zero-order chi connectivity index (χ0) is 34.2. The van der Waals surface area contributed by atoms with Crippen molar-refractivity contribution in [3.05, 3.63) is 95.4 Å². The lowest BCUT2D eigenvalue weighted by Crippen LogP contribution is -2.61. The summed E-state index contributed by atoms with van der Waals surface area (Å²) >= 11 is 0. The lowest BCUT2D eigenvalue weighted by molar-refractivity contribution is 0.101. The lowest BCUT2D eigenvalue weighted by atomic mass is 9.91. The summed E-state index contributed by atoms with van der Waals surface area (Å²) in [6.07, 6.45) is 6.79. The summed E-state index contributed by atoms with van der Waals surface area (Å²) in [7, 11) is 0. The zero-order valence-electron chi connectivity index (χ0n) is 28.2. The minimum absolute atomic E-state index is 0.0319. The molecule has 0 amide bonds. The third-order valence-corrected chi connectivity index (χ3v) is 10.9. The van der Waals surface area contributed by atoms with Gasteiger partial charge in [-0.1, -0.05) is 18.2 Å². The van der Waals surface area contributed by atoms with E-state index in [1.165, 1.54) is 31.7 Å². The van der Waals surface area contributed by atoms with Gasteiger partial charge in [0.25, 0.3) is 0 Å². The van der Waals surface area contributed by atoms with E-state index in [-0.39, 0.29) is 23.4 Å². The highest BCUT2D eigenvalue weighted by molar-refractivity contribution is 5.84. The van der Waals surface area contributed by atoms with Crippen molar-refractivity contribution >= 4 is 28.4 Å². The fraction of sp³-hybridized carbons (Fsp3) is 0.395. The molecule has 2 aromatic heterocycles. The second-order valence-electron chi connectivity index (χ2n) is 13.9. The summed E-state index contributed by atoms with van der Waals surface area (Å²) in [6, 6.07) is 22.5. The number of rotatable bonds is 9. The average molecular weight is 678 g/mol. The highest BCUT2D eigenvalue weighted by Gasteiger charge is 2.35. The highest BCUT2D eigenvalue weighted by Crippen LogP contribution is 2.32. The summed E-state index contributed by atoms with van der Waals surface area (Å²) in [5, 5.41) is 0. The summed E-state index contributed by atoms with van der Waals surface area (Å²) in [6.45, 7) is 6.91. The van der Waals surface area contributed by atoms with E-state index in [4.69, 9.17) is 16.2 Å². The van der Waals surface area contributed by atoms with Crippen molar-refractivity contribution in [3.8, 4) is 17.2 Å². The fourth-order valence-corrected chi connectivity index (χ4v) is 7.96. The number of fused-ring (bicyclic) bond motifs is 1. The molecule has 5 aromatic rings. The van der Waals surface area contributed by atoms with Gasteiger partial charge in [-0.15, -0.1) is 0 Å². The smallest absolute Gasteiger partial charge is 0.335 e. The molecule has 8 rings (SSSR count). The molecule has 11 nitrogen and oxygen atoms in total. The molecule has 0 atom stereocenters. The number of ether oxygens (including phenoxy) is 1. The van der Waals surface area contributed by atoms with Crippen LogP contribution in [0.1, 0.15) is 38.1 Å². The van der Waals surface area contributed by atoms with Gasteiger partial charge >= 0.3 is 5.69 Å². The number of nitrogen functional groups attached to an aromatic ring is 2. The van der Waals surface area contributed by atoms with Crippen LogP contribution in [0.3, 0.4) is 0 Å². The molecule has 0 bridgehead atoms. The fourth-order valence-electron chi connectivity index (χ4n) is 7.96. The number of para-hydroxylation sites is 1. The van der Waals surface area contributed by atoms with Gasteiger partial charge in [-0.3, -0.25) is 14.0 Å². The number of anilines is 3. The topological polar surface area (TPSA) is 124 Å². The summed E-state index contributed by atoms with van der Waals surface area (Å²) in [5.41, 5.74) is 14.9. The molecule has 0 spiro atoms. The molecule has 260 valence electrons. The maximum Gasteiger partial charge on any atom is 0.335 e. The van der Waals surface area contributed by atoms with Crippen LogP contribution < -0.4 is 26.8 Å². The van der Waals surface area contributed by atoms with Gasteiger partial charge in [-0.2, -0.15) is 0 Å². The quantitative estimate of drug-likeness (QED) is 0.200. The first-order chi connectivity index (χ1) is 24.4. The Hall–Kier alpha value is -4.94. The molecule has 0 aliphatic carbocycles. The molecule has 12 heteroatoms. The van der Waals surface area contributed by atoms with Crippen LogP contribution in [0.25, 0.3) is 16.9 Å². The van der Waals surface area contributed by atoms with Crippen LogP contribution in [0, 0.1) is 11.7 Å². The number of nitrogens with zero attached hydrogens (tertiary/aromatic N) is 7. The molecule has 4 N–H and O–H groups in total. The Labute approximate surface area is 290 Å². The van der Waals surface area contributed by atoms with Crippen molar-refractivity contribution in [2.45, 2.75) is 44.2 Å². The highest BCUT2D eigenvalue weighted by atomic mass is 19.1. The zero-order valence-corrected chi connectivity index (χ0v) is 28.2.